The van der Waals surface area contributed by atoms with E-state index >= 15 is 0 Å². The summed E-state index contributed by atoms with van der Waals surface area (Å²) in [6, 6.07) is 2.31. The van der Waals surface area contributed by atoms with Crippen molar-refractivity contribution in [3.63, 3.8) is 0 Å². The third-order valence-electron chi connectivity index (χ3n) is 2.94. The number of nitrogen functional groups attached to an aromatic ring is 1. The molecule has 3 N–H and O–H groups in total. The summed E-state index contributed by atoms with van der Waals surface area (Å²) in [5.41, 5.74) is 5.22. The summed E-state index contributed by atoms with van der Waals surface area (Å²) in [6.07, 6.45) is 0. The van der Waals surface area contributed by atoms with Crippen molar-refractivity contribution in [2.45, 2.75) is 17.9 Å². The number of sulfonamides is 1. The average Bonchev–Trinajstić information content (AvgIpc) is 2.33. The van der Waals surface area contributed by atoms with Crippen molar-refractivity contribution in [3.8, 4) is 0 Å². The van der Waals surface area contributed by atoms with E-state index in [1.807, 2.05) is 5.32 Å². The van der Waals surface area contributed by atoms with Gasteiger partial charge in [-0.3, -0.25) is 14.9 Å². The number of piperazine rings is 1. The molecular weight excluding hydrogens is 289 g/mol. The molecule has 1 aliphatic rings. The summed E-state index contributed by atoms with van der Waals surface area (Å²) >= 11 is 0. The molecule has 0 bridgehead atoms. The van der Waals surface area contributed by atoms with Gasteiger partial charge in [-0.2, -0.15) is 4.31 Å². The Morgan fingerprint density at radius 1 is 1.40 bits per heavy atom. The monoisotopic (exact) mass is 301 g/mol. The summed E-state index contributed by atoms with van der Waals surface area (Å²) in [7, 11) is -4.39. The van der Waals surface area contributed by atoms with Crippen molar-refractivity contribution in [2.24, 2.45) is 0 Å². The van der Waals surface area contributed by atoms with Gasteiger partial charge in [0.05, 0.1) is 12.2 Å². The molecule has 1 aromatic carbocycles. The SMILES string of the molecule is CC1C(=O)NC(=O)CN1S(=O)(=O)c1c(N)cccc1F. The van der Waals surface area contributed by atoms with E-state index in [2.05, 4.69) is 0 Å². The van der Waals surface area contributed by atoms with Gasteiger partial charge in [0.25, 0.3) is 0 Å². The highest BCUT2D eigenvalue weighted by Crippen LogP contribution is 2.27. The second kappa shape index (κ2) is 4.84. The van der Waals surface area contributed by atoms with Crippen LogP contribution in [0.2, 0.25) is 0 Å². The quantitative estimate of drug-likeness (QED) is 0.562. The molecule has 20 heavy (non-hydrogen) atoms. The van der Waals surface area contributed by atoms with Gasteiger partial charge in [-0.15, -0.1) is 0 Å². The normalized spacial score (nSPS) is 20.8. The van der Waals surface area contributed by atoms with Crippen molar-refractivity contribution < 1.29 is 22.4 Å². The number of nitrogens with two attached hydrogens (primary N) is 1. The van der Waals surface area contributed by atoms with Crippen molar-refractivity contribution in [2.75, 3.05) is 12.3 Å². The maximum Gasteiger partial charge on any atom is 0.249 e. The maximum absolute atomic E-state index is 13.8. The molecule has 9 heteroatoms. The minimum absolute atomic E-state index is 0.282. The van der Waals surface area contributed by atoms with Gasteiger partial charge in [0.1, 0.15) is 16.8 Å². The average molecular weight is 301 g/mol. The lowest BCUT2D eigenvalue weighted by Crippen LogP contribution is -2.58. The number of carbonyl (C=O) groups is 2. The number of nitrogens with one attached hydrogen (secondary N) is 1. The molecule has 2 rings (SSSR count). The van der Waals surface area contributed by atoms with E-state index in [0.717, 1.165) is 6.07 Å². The molecule has 108 valence electrons. The Kier molecular flexibility index (Phi) is 3.48. The Balaban J connectivity index is 2.55. The highest BCUT2D eigenvalue weighted by atomic mass is 32.2. The van der Waals surface area contributed by atoms with Crippen LogP contribution in [0.25, 0.3) is 0 Å². The van der Waals surface area contributed by atoms with Crippen LogP contribution in [0.15, 0.2) is 23.1 Å². The van der Waals surface area contributed by atoms with Crippen molar-refractivity contribution in [1.82, 2.24) is 9.62 Å². The zero-order valence-electron chi connectivity index (χ0n) is 10.5. The van der Waals surface area contributed by atoms with Gasteiger partial charge in [0.15, 0.2) is 0 Å². The molecule has 1 heterocycles. The number of rotatable bonds is 2. The number of amides is 2. The third-order valence-corrected chi connectivity index (χ3v) is 4.95. The molecule has 0 spiro atoms. The number of anilines is 1. The first-order valence-electron chi connectivity index (χ1n) is 5.64. The molecule has 1 aromatic rings. The molecule has 2 amide bonds. The molecule has 0 aliphatic carbocycles. The minimum Gasteiger partial charge on any atom is -0.398 e. The van der Waals surface area contributed by atoms with E-state index in [1.54, 1.807) is 0 Å². The molecule has 1 atom stereocenters. The predicted molar refractivity (Wildman–Crippen MR) is 67.3 cm³/mol. The van der Waals surface area contributed by atoms with Crippen LogP contribution in [-0.2, 0) is 19.6 Å². The Labute approximate surface area is 114 Å². The fourth-order valence-corrected chi connectivity index (χ4v) is 3.61. The van der Waals surface area contributed by atoms with Crippen molar-refractivity contribution >= 4 is 27.5 Å². The third kappa shape index (κ3) is 2.25. The van der Waals surface area contributed by atoms with Crippen LogP contribution >= 0.6 is 0 Å². The van der Waals surface area contributed by atoms with Gasteiger partial charge < -0.3 is 5.73 Å². The second-order valence-electron chi connectivity index (χ2n) is 4.30. The number of nitrogens with zero attached hydrogens (tertiary/aromatic N) is 1. The smallest absolute Gasteiger partial charge is 0.249 e. The number of benzene rings is 1. The Morgan fingerprint density at radius 3 is 2.65 bits per heavy atom. The zero-order chi connectivity index (χ0) is 15.1. The predicted octanol–water partition coefficient (Wildman–Crippen LogP) is -0.557. The molecule has 1 aliphatic heterocycles. The van der Waals surface area contributed by atoms with Crippen LogP contribution in [0.5, 0.6) is 0 Å². The van der Waals surface area contributed by atoms with Gasteiger partial charge in [0.2, 0.25) is 21.8 Å². The van der Waals surface area contributed by atoms with Gasteiger partial charge in [-0.1, -0.05) is 6.07 Å². The van der Waals surface area contributed by atoms with E-state index in [0.29, 0.717) is 4.31 Å². The van der Waals surface area contributed by atoms with Crippen molar-refractivity contribution in [1.29, 1.82) is 0 Å². The van der Waals surface area contributed by atoms with Crippen LogP contribution in [-0.4, -0.2) is 37.1 Å². The lowest BCUT2D eigenvalue weighted by atomic mass is 10.2. The molecule has 1 fully saturated rings. The van der Waals surface area contributed by atoms with Crippen LogP contribution in [0.4, 0.5) is 10.1 Å². The first-order chi connectivity index (χ1) is 9.25. The molecule has 1 saturated heterocycles. The lowest BCUT2D eigenvalue weighted by molar-refractivity contribution is -0.136. The summed E-state index contributed by atoms with van der Waals surface area (Å²) in [5, 5.41) is 2.00. The number of halogens is 1. The topological polar surface area (TPSA) is 110 Å². The maximum atomic E-state index is 13.8. The fourth-order valence-electron chi connectivity index (χ4n) is 1.90. The van der Waals surface area contributed by atoms with E-state index in [1.165, 1.54) is 19.1 Å². The number of imide groups is 1. The Morgan fingerprint density at radius 2 is 2.05 bits per heavy atom. The van der Waals surface area contributed by atoms with Crippen molar-refractivity contribution in [3.05, 3.63) is 24.0 Å². The summed E-state index contributed by atoms with van der Waals surface area (Å²) in [5.74, 6) is -2.57. The van der Waals surface area contributed by atoms with Crippen LogP contribution in [0, 0.1) is 5.82 Å². The fraction of sp³-hybridized carbons (Fsp3) is 0.273. The number of hydrogen-bond acceptors (Lipinski definition) is 5. The highest BCUT2D eigenvalue weighted by Gasteiger charge is 2.40. The minimum atomic E-state index is -4.39. The second-order valence-corrected chi connectivity index (χ2v) is 6.12. The van der Waals surface area contributed by atoms with E-state index in [-0.39, 0.29) is 5.69 Å². The summed E-state index contributed by atoms with van der Waals surface area (Å²) in [4.78, 5) is 22.1. The molecular formula is C11H12FN3O4S. The lowest BCUT2D eigenvalue weighted by Gasteiger charge is -2.30. The first kappa shape index (κ1) is 14.4. The van der Waals surface area contributed by atoms with Gasteiger partial charge in [0, 0.05) is 0 Å². The highest BCUT2D eigenvalue weighted by molar-refractivity contribution is 7.89. The number of hydrogen-bond donors (Lipinski definition) is 2. The van der Waals surface area contributed by atoms with E-state index in [9.17, 15) is 22.4 Å². The van der Waals surface area contributed by atoms with Crippen LogP contribution in [0.1, 0.15) is 6.92 Å². The molecule has 7 nitrogen and oxygen atoms in total. The van der Waals surface area contributed by atoms with Crippen LogP contribution < -0.4 is 11.1 Å². The first-order valence-corrected chi connectivity index (χ1v) is 7.08. The summed E-state index contributed by atoms with van der Waals surface area (Å²) < 4.78 is 39.2. The molecule has 1 unspecified atom stereocenters. The van der Waals surface area contributed by atoms with Gasteiger partial charge in [-0.05, 0) is 19.1 Å². The summed E-state index contributed by atoms with van der Waals surface area (Å²) in [6.45, 7) is 0.735. The zero-order valence-corrected chi connectivity index (χ0v) is 11.3. The standard InChI is InChI=1S/C11H12FN3O4S/c1-6-11(17)14-9(16)5-15(6)20(18,19)10-7(12)3-2-4-8(10)13/h2-4,6H,5,13H2,1H3,(H,14,16,17). The Bertz CT molecular complexity index is 669. The van der Waals surface area contributed by atoms with E-state index in [4.69, 9.17) is 5.73 Å². The molecule has 0 saturated carbocycles. The molecule has 0 radical (unpaired) electrons. The largest absolute Gasteiger partial charge is 0.398 e. The molecule has 0 aromatic heterocycles. The van der Waals surface area contributed by atoms with E-state index < -0.39 is 45.1 Å². The van der Waals surface area contributed by atoms with Crippen LogP contribution in [0.3, 0.4) is 0 Å². The van der Waals surface area contributed by atoms with Gasteiger partial charge in [-0.25, -0.2) is 12.8 Å². The Hall–Kier alpha value is -2.00. The number of carbonyl (C=O) groups excluding carboxylic acids is 2. The van der Waals surface area contributed by atoms with Gasteiger partial charge >= 0.3 is 0 Å².